The number of carbonyl (C=O) groups is 1. The lowest BCUT2D eigenvalue weighted by Crippen LogP contribution is -2.41. The highest BCUT2D eigenvalue weighted by Gasteiger charge is 2.32. The van der Waals surface area contributed by atoms with Crippen molar-refractivity contribution in [3.8, 4) is 0 Å². The van der Waals surface area contributed by atoms with Crippen molar-refractivity contribution in [1.82, 2.24) is 14.9 Å². The molecule has 1 aromatic heterocycles. The second kappa shape index (κ2) is 8.58. The Bertz CT molecular complexity index is 1120. The van der Waals surface area contributed by atoms with Crippen LogP contribution in [-0.4, -0.2) is 39.9 Å². The Kier molecular flexibility index (Phi) is 5.64. The summed E-state index contributed by atoms with van der Waals surface area (Å²) in [6, 6.07) is 14.9. The third kappa shape index (κ3) is 3.66. The first kappa shape index (κ1) is 21.0. The molecule has 2 N–H and O–H groups in total. The van der Waals surface area contributed by atoms with Crippen molar-refractivity contribution in [2.45, 2.75) is 58.0 Å². The number of imidazole rings is 1. The molecule has 168 valence electrons. The molecular formula is C26H32N4O2. The Morgan fingerprint density at radius 1 is 1.22 bits per heavy atom. The number of nitrogens with zero attached hydrogens (tertiary/aromatic N) is 3. The molecule has 3 heterocycles. The molecule has 2 aromatic carbocycles. The highest BCUT2D eigenvalue weighted by atomic mass is 16.4. The monoisotopic (exact) mass is 432 g/mol. The van der Waals surface area contributed by atoms with Crippen molar-refractivity contribution in [3.63, 3.8) is 0 Å². The molecule has 0 spiro atoms. The van der Waals surface area contributed by atoms with Gasteiger partial charge in [-0.3, -0.25) is 4.90 Å². The molecule has 3 aromatic rings. The van der Waals surface area contributed by atoms with E-state index in [-0.39, 0.29) is 6.04 Å². The van der Waals surface area contributed by atoms with Crippen LogP contribution in [0, 0.1) is 5.92 Å². The third-order valence-electron chi connectivity index (χ3n) is 7.36. The SMILES string of the molecule is C[C@H]1CCc2c(ccc3c2nc(Cc2ccccc2)n3[C@@H](C)[C@@H]2CCCNC2)N1C(=O)O. The number of fused-ring (bicyclic) bond motifs is 3. The zero-order valence-electron chi connectivity index (χ0n) is 18.9. The molecule has 0 saturated carbocycles. The summed E-state index contributed by atoms with van der Waals surface area (Å²) in [5.74, 6) is 1.63. The zero-order chi connectivity index (χ0) is 22.2. The molecule has 6 heteroatoms. The van der Waals surface area contributed by atoms with Gasteiger partial charge in [-0.25, -0.2) is 9.78 Å². The fraction of sp³-hybridized carbons (Fsp3) is 0.462. The number of hydrogen-bond donors (Lipinski definition) is 2. The molecule has 0 unspecified atom stereocenters. The van der Waals surface area contributed by atoms with E-state index in [9.17, 15) is 9.90 Å². The number of aryl methyl sites for hydroxylation is 1. The number of rotatable bonds is 4. The predicted octanol–water partition coefficient (Wildman–Crippen LogP) is 5.01. The summed E-state index contributed by atoms with van der Waals surface area (Å²) >= 11 is 0. The van der Waals surface area contributed by atoms with Crippen molar-refractivity contribution in [3.05, 3.63) is 59.4 Å². The molecular weight excluding hydrogens is 400 g/mol. The average Bonchev–Trinajstić information content (AvgIpc) is 3.17. The average molecular weight is 433 g/mol. The van der Waals surface area contributed by atoms with Crippen molar-refractivity contribution in [2.24, 2.45) is 5.92 Å². The van der Waals surface area contributed by atoms with E-state index in [0.29, 0.717) is 12.0 Å². The van der Waals surface area contributed by atoms with Gasteiger partial charge in [-0.2, -0.15) is 0 Å². The predicted molar refractivity (Wildman–Crippen MR) is 128 cm³/mol. The van der Waals surface area contributed by atoms with Crippen LogP contribution in [0.4, 0.5) is 10.5 Å². The van der Waals surface area contributed by atoms with E-state index in [0.717, 1.165) is 60.5 Å². The van der Waals surface area contributed by atoms with Crippen LogP contribution in [0.1, 0.15) is 56.1 Å². The summed E-state index contributed by atoms with van der Waals surface area (Å²) in [6.07, 6.45) is 3.99. The molecule has 5 rings (SSSR count). The Labute approximate surface area is 189 Å². The molecule has 32 heavy (non-hydrogen) atoms. The summed E-state index contributed by atoms with van der Waals surface area (Å²) in [4.78, 5) is 18.7. The largest absolute Gasteiger partial charge is 0.465 e. The highest BCUT2D eigenvalue weighted by molar-refractivity contribution is 5.94. The van der Waals surface area contributed by atoms with E-state index >= 15 is 0 Å². The van der Waals surface area contributed by atoms with Gasteiger partial charge >= 0.3 is 6.09 Å². The van der Waals surface area contributed by atoms with Crippen molar-refractivity contribution >= 4 is 22.8 Å². The summed E-state index contributed by atoms with van der Waals surface area (Å²) in [5.41, 5.74) is 5.22. The van der Waals surface area contributed by atoms with Gasteiger partial charge in [0.05, 0.1) is 16.7 Å². The van der Waals surface area contributed by atoms with E-state index in [1.807, 2.05) is 19.1 Å². The number of amides is 1. The number of nitrogens with one attached hydrogen (secondary N) is 1. The van der Waals surface area contributed by atoms with Gasteiger partial charge in [0.15, 0.2) is 0 Å². The van der Waals surface area contributed by atoms with Crippen LogP contribution in [0.3, 0.4) is 0 Å². The molecule has 0 aliphatic carbocycles. The summed E-state index contributed by atoms with van der Waals surface area (Å²) in [5, 5.41) is 13.4. The van der Waals surface area contributed by atoms with Gasteiger partial charge in [-0.05, 0) is 76.2 Å². The summed E-state index contributed by atoms with van der Waals surface area (Å²) < 4.78 is 2.43. The molecule has 1 fully saturated rings. The first-order chi connectivity index (χ1) is 15.5. The maximum atomic E-state index is 12.0. The van der Waals surface area contributed by atoms with Crippen LogP contribution in [0.25, 0.3) is 11.0 Å². The first-order valence-corrected chi connectivity index (χ1v) is 11.8. The molecule has 2 aliphatic rings. The molecule has 0 radical (unpaired) electrons. The maximum absolute atomic E-state index is 12.0. The Morgan fingerprint density at radius 2 is 2.03 bits per heavy atom. The van der Waals surface area contributed by atoms with E-state index < -0.39 is 6.09 Å². The van der Waals surface area contributed by atoms with Gasteiger partial charge in [0.25, 0.3) is 0 Å². The van der Waals surface area contributed by atoms with Crippen molar-refractivity contribution in [2.75, 3.05) is 18.0 Å². The molecule has 3 atom stereocenters. The van der Waals surface area contributed by atoms with Crippen molar-refractivity contribution < 1.29 is 9.90 Å². The zero-order valence-corrected chi connectivity index (χ0v) is 18.9. The first-order valence-electron chi connectivity index (χ1n) is 11.8. The van der Waals surface area contributed by atoms with E-state index in [2.05, 4.69) is 47.1 Å². The lowest BCUT2D eigenvalue weighted by Gasteiger charge is -2.33. The normalized spacial score (nSPS) is 22.0. The van der Waals surface area contributed by atoms with Crippen LogP contribution >= 0.6 is 0 Å². The van der Waals surface area contributed by atoms with Crippen LogP contribution in [0.15, 0.2) is 42.5 Å². The van der Waals surface area contributed by atoms with E-state index in [4.69, 9.17) is 4.98 Å². The smallest absolute Gasteiger partial charge is 0.412 e. The van der Waals surface area contributed by atoms with E-state index in [1.54, 1.807) is 0 Å². The van der Waals surface area contributed by atoms with Crippen LogP contribution in [0.2, 0.25) is 0 Å². The number of carboxylic acid groups (broad SMARTS) is 1. The topological polar surface area (TPSA) is 70.4 Å². The maximum Gasteiger partial charge on any atom is 0.412 e. The van der Waals surface area contributed by atoms with Gasteiger partial charge in [0.1, 0.15) is 5.82 Å². The third-order valence-corrected chi connectivity index (χ3v) is 7.36. The number of benzene rings is 2. The minimum Gasteiger partial charge on any atom is -0.465 e. The number of hydrogen-bond acceptors (Lipinski definition) is 3. The van der Waals surface area contributed by atoms with Gasteiger partial charge in [0.2, 0.25) is 0 Å². The van der Waals surface area contributed by atoms with Gasteiger partial charge < -0.3 is 15.0 Å². The van der Waals surface area contributed by atoms with Crippen LogP contribution in [-0.2, 0) is 12.8 Å². The minimum absolute atomic E-state index is 0.0180. The van der Waals surface area contributed by atoms with Gasteiger partial charge in [0, 0.05) is 24.1 Å². The van der Waals surface area contributed by atoms with Gasteiger partial charge in [-0.15, -0.1) is 0 Å². The lowest BCUT2D eigenvalue weighted by molar-refractivity contribution is 0.198. The number of aromatic nitrogens is 2. The molecule has 1 saturated heterocycles. The second-order valence-electron chi connectivity index (χ2n) is 9.38. The molecule has 1 amide bonds. The minimum atomic E-state index is -0.886. The lowest BCUT2D eigenvalue weighted by atomic mass is 9.92. The van der Waals surface area contributed by atoms with E-state index in [1.165, 1.54) is 23.3 Å². The fourth-order valence-electron chi connectivity index (χ4n) is 5.60. The van der Waals surface area contributed by atoms with Crippen molar-refractivity contribution in [1.29, 1.82) is 0 Å². The van der Waals surface area contributed by atoms with Gasteiger partial charge in [-0.1, -0.05) is 30.3 Å². The summed E-state index contributed by atoms with van der Waals surface area (Å²) in [6.45, 7) is 6.43. The standard InChI is InChI=1S/C26H32N4O2/c1-17-10-11-21-22(29(17)26(31)32)12-13-23-25(21)28-24(15-19-7-4-3-5-8-19)30(23)18(2)20-9-6-14-27-16-20/h3-5,7-8,12-13,17-18,20,27H,6,9-11,14-16H2,1-2H3,(H,31,32)/t17-,18-,20+/m0/s1. The quantitative estimate of drug-likeness (QED) is 0.608. The Morgan fingerprint density at radius 3 is 2.75 bits per heavy atom. The second-order valence-corrected chi connectivity index (χ2v) is 9.38. The fourth-order valence-corrected chi connectivity index (χ4v) is 5.60. The van der Waals surface area contributed by atoms with Crippen LogP contribution < -0.4 is 10.2 Å². The Balaban J connectivity index is 1.65. The van der Waals surface area contributed by atoms with Crippen LogP contribution in [0.5, 0.6) is 0 Å². The summed E-state index contributed by atoms with van der Waals surface area (Å²) in [7, 11) is 0. The molecule has 0 bridgehead atoms. The number of piperidine rings is 1. The molecule has 6 nitrogen and oxygen atoms in total. The Hall–Kier alpha value is -2.86. The molecule has 2 aliphatic heterocycles. The number of anilines is 1. The highest BCUT2D eigenvalue weighted by Crippen LogP contribution is 2.38.